The van der Waals surface area contributed by atoms with Crippen LogP contribution in [0.15, 0.2) is 30.5 Å². The van der Waals surface area contributed by atoms with Gasteiger partial charge in [-0.1, -0.05) is 39.0 Å². The lowest BCUT2D eigenvalue weighted by Crippen LogP contribution is -2.38. The van der Waals surface area contributed by atoms with Crippen LogP contribution in [0.1, 0.15) is 61.0 Å². The number of rotatable bonds is 3. The van der Waals surface area contributed by atoms with E-state index in [2.05, 4.69) is 0 Å². The van der Waals surface area contributed by atoms with Gasteiger partial charge in [0.25, 0.3) is 0 Å². The molecule has 0 N–H and O–H groups in total. The molecule has 1 aromatic carbocycles. The van der Waals surface area contributed by atoms with E-state index in [9.17, 15) is 9.59 Å². The largest absolute Gasteiger partial charge is 0.460 e. The lowest BCUT2D eigenvalue weighted by Gasteiger charge is -2.36. The highest BCUT2D eigenvalue weighted by Crippen LogP contribution is 2.39. The quantitative estimate of drug-likeness (QED) is 0.663. The molecule has 27 heavy (non-hydrogen) atoms. The molecule has 2 aromatic rings. The maximum Gasteiger partial charge on any atom is 0.419 e. The Bertz CT molecular complexity index is 847. The summed E-state index contributed by atoms with van der Waals surface area (Å²) in [6.45, 7) is 15.4. The summed E-state index contributed by atoms with van der Waals surface area (Å²) in [5.74, 6) is -0.260. The molecule has 0 saturated carbocycles. The fourth-order valence-electron chi connectivity index (χ4n) is 2.46. The van der Waals surface area contributed by atoms with E-state index >= 15 is 0 Å². The minimum absolute atomic E-state index is 0.106. The molecular formula is C22H31NO4. The average molecular weight is 373 g/mol. The van der Waals surface area contributed by atoms with Crippen molar-refractivity contribution >= 4 is 23.0 Å². The van der Waals surface area contributed by atoms with Crippen molar-refractivity contribution in [3.8, 4) is 0 Å². The molecule has 0 radical (unpaired) electrons. The number of benzene rings is 1. The molecule has 0 amide bonds. The van der Waals surface area contributed by atoms with Gasteiger partial charge in [-0.15, -0.1) is 0 Å². The van der Waals surface area contributed by atoms with Crippen LogP contribution >= 0.6 is 0 Å². The number of ether oxygens (including phenoxy) is 2. The van der Waals surface area contributed by atoms with E-state index in [0.717, 1.165) is 16.5 Å². The summed E-state index contributed by atoms with van der Waals surface area (Å²) in [5.41, 5.74) is 0.0548. The first-order chi connectivity index (χ1) is 12.2. The summed E-state index contributed by atoms with van der Waals surface area (Å²) in [6.07, 6.45) is 1.24. The number of hydrogen-bond acceptors (Lipinski definition) is 4. The zero-order valence-electron chi connectivity index (χ0n) is 17.7. The van der Waals surface area contributed by atoms with Gasteiger partial charge < -0.3 is 9.47 Å². The Morgan fingerprint density at radius 1 is 0.963 bits per heavy atom. The monoisotopic (exact) mass is 373 g/mol. The van der Waals surface area contributed by atoms with E-state index in [0.29, 0.717) is 0 Å². The van der Waals surface area contributed by atoms with Gasteiger partial charge in [-0.25, -0.2) is 4.79 Å². The average Bonchev–Trinajstić information content (AvgIpc) is 2.89. The van der Waals surface area contributed by atoms with Gasteiger partial charge in [0.05, 0.1) is 10.9 Å². The summed E-state index contributed by atoms with van der Waals surface area (Å²) in [5, 5.41) is 0.865. The van der Waals surface area contributed by atoms with Gasteiger partial charge in [-0.2, -0.15) is 0 Å². The van der Waals surface area contributed by atoms with E-state index in [4.69, 9.17) is 9.47 Å². The first-order valence-electron chi connectivity index (χ1n) is 9.23. The van der Waals surface area contributed by atoms with Crippen LogP contribution in [0.3, 0.4) is 0 Å². The van der Waals surface area contributed by atoms with Crippen molar-refractivity contribution in [3.63, 3.8) is 0 Å². The fraction of sp³-hybridized carbons (Fsp3) is 0.545. The van der Waals surface area contributed by atoms with Crippen LogP contribution in [0, 0.1) is 10.8 Å². The normalized spacial score (nSPS) is 12.9. The SMILES string of the molecule is CC(C)(C)OC(=O)n1cc(COC(=O)C(C)(C)C(C)(C)C)c2ccccc21. The van der Waals surface area contributed by atoms with Crippen molar-refractivity contribution in [2.45, 2.75) is 67.6 Å². The molecule has 1 aromatic heterocycles. The Kier molecular flexibility index (Phi) is 5.46. The van der Waals surface area contributed by atoms with Crippen LogP contribution in [0.5, 0.6) is 0 Å². The van der Waals surface area contributed by atoms with Crippen molar-refractivity contribution in [1.29, 1.82) is 0 Å². The molecule has 0 fully saturated rings. The lowest BCUT2D eigenvalue weighted by molar-refractivity contribution is -0.161. The summed E-state index contributed by atoms with van der Waals surface area (Å²) >= 11 is 0. The number of carbonyl (C=O) groups excluding carboxylic acids is 2. The Labute approximate surface area is 161 Å². The zero-order valence-corrected chi connectivity index (χ0v) is 17.7. The molecule has 0 spiro atoms. The Balaban J connectivity index is 2.30. The minimum atomic E-state index is -0.628. The van der Waals surface area contributed by atoms with Gasteiger partial charge in [0.1, 0.15) is 12.2 Å². The number of esters is 1. The standard InChI is InChI=1S/C22H31NO4/c1-20(2,3)22(7,8)18(24)26-14-15-13-23(19(25)27-21(4,5)6)17-12-10-9-11-16(15)17/h9-13H,14H2,1-8H3. The smallest absolute Gasteiger partial charge is 0.419 e. The molecule has 2 rings (SSSR count). The van der Waals surface area contributed by atoms with Crippen molar-refractivity contribution in [3.05, 3.63) is 36.0 Å². The number of carbonyl (C=O) groups is 2. The summed E-state index contributed by atoms with van der Waals surface area (Å²) in [4.78, 5) is 25.2. The number of hydrogen-bond donors (Lipinski definition) is 0. The Morgan fingerprint density at radius 2 is 1.56 bits per heavy atom. The maximum atomic E-state index is 12.6. The van der Waals surface area contributed by atoms with Crippen LogP contribution in [-0.4, -0.2) is 22.2 Å². The Hall–Kier alpha value is -2.30. The topological polar surface area (TPSA) is 57.5 Å². The van der Waals surface area contributed by atoms with Crippen molar-refractivity contribution in [1.82, 2.24) is 4.57 Å². The van der Waals surface area contributed by atoms with Crippen LogP contribution in [0.2, 0.25) is 0 Å². The second-order valence-electron chi connectivity index (χ2n) is 9.47. The summed E-state index contributed by atoms with van der Waals surface area (Å²) in [7, 11) is 0. The van der Waals surface area contributed by atoms with E-state index in [1.807, 2.05) is 79.7 Å². The molecule has 5 heteroatoms. The van der Waals surface area contributed by atoms with Gasteiger partial charge in [0, 0.05) is 17.1 Å². The highest BCUT2D eigenvalue weighted by Gasteiger charge is 2.41. The van der Waals surface area contributed by atoms with E-state index < -0.39 is 17.1 Å². The van der Waals surface area contributed by atoms with Crippen molar-refractivity contribution in [2.24, 2.45) is 10.8 Å². The molecule has 148 valence electrons. The molecule has 1 heterocycles. The molecule has 0 aliphatic heterocycles. The maximum absolute atomic E-state index is 12.6. The first kappa shape index (κ1) is 21.0. The third-order valence-corrected chi connectivity index (χ3v) is 5.13. The van der Waals surface area contributed by atoms with E-state index in [1.54, 1.807) is 6.20 Å². The predicted octanol–water partition coefficient (Wildman–Crippen LogP) is 5.54. The fourth-order valence-corrected chi connectivity index (χ4v) is 2.46. The number of aromatic nitrogens is 1. The summed E-state index contributed by atoms with van der Waals surface area (Å²) in [6, 6.07) is 7.52. The van der Waals surface area contributed by atoms with Gasteiger partial charge >= 0.3 is 12.1 Å². The number of nitrogens with zero attached hydrogens (tertiary/aromatic N) is 1. The van der Waals surface area contributed by atoms with Gasteiger partial charge in [-0.3, -0.25) is 9.36 Å². The van der Waals surface area contributed by atoms with Crippen LogP contribution in [-0.2, 0) is 20.9 Å². The zero-order chi connectivity index (χ0) is 20.6. The van der Waals surface area contributed by atoms with Crippen molar-refractivity contribution in [2.75, 3.05) is 0 Å². The molecule has 0 atom stereocenters. The number of para-hydroxylation sites is 1. The molecule has 0 aliphatic carbocycles. The molecule has 0 unspecified atom stereocenters. The molecule has 5 nitrogen and oxygen atoms in total. The van der Waals surface area contributed by atoms with E-state index in [1.165, 1.54) is 4.57 Å². The minimum Gasteiger partial charge on any atom is -0.460 e. The second kappa shape index (κ2) is 7.02. The predicted molar refractivity (Wildman–Crippen MR) is 107 cm³/mol. The van der Waals surface area contributed by atoms with Crippen LogP contribution in [0.25, 0.3) is 10.9 Å². The third kappa shape index (κ3) is 4.52. The molecular weight excluding hydrogens is 342 g/mol. The van der Waals surface area contributed by atoms with Gasteiger partial charge in [0.15, 0.2) is 0 Å². The van der Waals surface area contributed by atoms with E-state index in [-0.39, 0.29) is 18.0 Å². The van der Waals surface area contributed by atoms with Crippen LogP contribution in [0.4, 0.5) is 4.79 Å². The van der Waals surface area contributed by atoms with Crippen molar-refractivity contribution < 1.29 is 19.1 Å². The second-order valence-corrected chi connectivity index (χ2v) is 9.47. The Morgan fingerprint density at radius 3 is 2.11 bits per heavy atom. The lowest BCUT2D eigenvalue weighted by atomic mass is 9.69. The van der Waals surface area contributed by atoms with Gasteiger partial charge in [0.2, 0.25) is 0 Å². The molecule has 0 aliphatic rings. The summed E-state index contributed by atoms with van der Waals surface area (Å²) < 4.78 is 12.6. The third-order valence-electron chi connectivity index (χ3n) is 5.13. The molecule has 0 bridgehead atoms. The van der Waals surface area contributed by atoms with Gasteiger partial charge in [-0.05, 0) is 46.1 Å². The number of fused-ring (bicyclic) bond motifs is 1. The first-order valence-corrected chi connectivity index (χ1v) is 9.23. The molecule has 0 saturated heterocycles. The highest BCUT2D eigenvalue weighted by atomic mass is 16.6. The van der Waals surface area contributed by atoms with Crippen LogP contribution < -0.4 is 0 Å². The highest BCUT2D eigenvalue weighted by molar-refractivity contribution is 5.92.